The Morgan fingerprint density at radius 1 is 0.390 bits per heavy atom. The maximum absolute atomic E-state index is 9.72. The summed E-state index contributed by atoms with van der Waals surface area (Å²) in [6.45, 7) is 0. The standard InChI is InChI=1S/C56H36N2O/c57-37-38-21-27-42(28-22-38)56(52-18-7-4-13-48(52)49-14-5-8-19-53(49)56)43-29-35-46(36-30-43)58(44-31-23-40(24-32-44)39-11-2-1-3-12-39)45-33-25-41(26-34-45)47-16-10-17-51-50-15-6-9-20-54(50)59-55(47)51/h1-36H. The Balaban J connectivity index is 1.05. The first-order valence-corrected chi connectivity index (χ1v) is 20.0. The van der Waals surface area contributed by atoms with Crippen LogP contribution in [0.15, 0.2) is 223 Å². The van der Waals surface area contributed by atoms with Gasteiger partial charge in [0.25, 0.3) is 0 Å². The molecule has 276 valence electrons. The van der Waals surface area contributed by atoms with Gasteiger partial charge < -0.3 is 9.32 Å². The summed E-state index contributed by atoms with van der Waals surface area (Å²) in [5, 5.41) is 12.0. The number of nitrogens with zero attached hydrogens (tertiary/aromatic N) is 2. The van der Waals surface area contributed by atoms with Crippen molar-refractivity contribution in [1.82, 2.24) is 0 Å². The molecule has 0 bridgehead atoms. The third-order valence-electron chi connectivity index (χ3n) is 12.0. The topological polar surface area (TPSA) is 40.2 Å². The van der Waals surface area contributed by atoms with Crippen molar-refractivity contribution in [1.29, 1.82) is 5.26 Å². The zero-order chi connectivity index (χ0) is 39.3. The fourth-order valence-corrected chi connectivity index (χ4v) is 9.32. The van der Waals surface area contributed by atoms with Gasteiger partial charge in [-0.05, 0) is 105 Å². The number of nitriles is 1. The Bertz CT molecular complexity index is 3150. The molecular formula is C56H36N2O. The number of anilines is 3. The molecule has 11 rings (SSSR count). The van der Waals surface area contributed by atoms with Gasteiger partial charge in [0.2, 0.25) is 0 Å². The van der Waals surface area contributed by atoms with Crippen LogP contribution in [-0.2, 0) is 5.41 Å². The molecule has 0 unspecified atom stereocenters. The highest BCUT2D eigenvalue weighted by atomic mass is 16.3. The number of furan rings is 1. The molecule has 0 aliphatic heterocycles. The summed E-state index contributed by atoms with van der Waals surface area (Å²) in [7, 11) is 0. The van der Waals surface area contributed by atoms with Crippen LogP contribution in [0.25, 0.3) is 55.3 Å². The Morgan fingerprint density at radius 2 is 0.864 bits per heavy atom. The fourth-order valence-electron chi connectivity index (χ4n) is 9.32. The van der Waals surface area contributed by atoms with Crippen molar-refractivity contribution in [2.45, 2.75) is 5.41 Å². The van der Waals surface area contributed by atoms with Crippen LogP contribution in [0, 0.1) is 11.3 Å². The van der Waals surface area contributed by atoms with Gasteiger partial charge in [-0.3, -0.25) is 0 Å². The molecule has 0 atom stereocenters. The Kier molecular flexibility index (Phi) is 8.10. The van der Waals surface area contributed by atoms with E-state index in [0.29, 0.717) is 5.56 Å². The zero-order valence-corrected chi connectivity index (χ0v) is 32.1. The van der Waals surface area contributed by atoms with Crippen molar-refractivity contribution in [2.75, 3.05) is 4.90 Å². The van der Waals surface area contributed by atoms with Gasteiger partial charge in [-0.2, -0.15) is 5.26 Å². The number of benzene rings is 9. The van der Waals surface area contributed by atoms with Crippen LogP contribution in [0.2, 0.25) is 0 Å². The number of hydrogen-bond acceptors (Lipinski definition) is 3. The molecule has 9 aromatic carbocycles. The van der Waals surface area contributed by atoms with Gasteiger partial charge in [0.15, 0.2) is 0 Å². The quantitative estimate of drug-likeness (QED) is 0.163. The van der Waals surface area contributed by atoms with Gasteiger partial charge in [-0.1, -0.05) is 164 Å². The van der Waals surface area contributed by atoms with Gasteiger partial charge in [0, 0.05) is 33.4 Å². The summed E-state index contributed by atoms with van der Waals surface area (Å²) < 4.78 is 6.43. The molecule has 0 saturated heterocycles. The van der Waals surface area contributed by atoms with Crippen molar-refractivity contribution < 1.29 is 4.42 Å². The van der Waals surface area contributed by atoms with Crippen molar-refractivity contribution >= 4 is 39.0 Å². The third-order valence-corrected chi connectivity index (χ3v) is 12.0. The molecule has 1 heterocycles. The van der Waals surface area contributed by atoms with Crippen LogP contribution in [0.3, 0.4) is 0 Å². The van der Waals surface area contributed by atoms with E-state index in [9.17, 15) is 5.26 Å². The van der Waals surface area contributed by atoms with E-state index in [0.717, 1.165) is 61.3 Å². The van der Waals surface area contributed by atoms with Crippen molar-refractivity contribution in [3.05, 3.63) is 246 Å². The third kappa shape index (κ3) is 5.50. The second kappa shape index (κ2) is 13.9. The van der Waals surface area contributed by atoms with E-state index in [1.807, 2.05) is 24.3 Å². The first kappa shape index (κ1) is 34.3. The normalized spacial score (nSPS) is 12.5. The average molecular weight is 753 g/mol. The van der Waals surface area contributed by atoms with E-state index < -0.39 is 5.41 Å². The maximum Gasteiger partial charge on any atom is 0.143 e. The van der Waals surface area contributed by atoms with E-state index in [4.69, 9.17) is 4.42 Å². The second-order valence-electron chi connectivity index (χ2n) is 15.2. The maximum atomic E-state index is 9.72. The molecule has 0 saturated carbocycles. The molecule has 0 fully saturated rings. The highest BCUT2D eigenvalue weighted by Gasteiger charge is 2.45. The summed E-state index contributed by atoms with van der Waals surface area (Å²) in [5.41, 5.74) is 16.8. The lowest BCUT2D eigenvalue weighted by atomic mass is 9.67. The first-order chi connectivity index (χ1) is 29.2. The van der Waals surface area contributed by atoms with E-state index in [1.165, 1.54) is 33.4 Å². The molecule has 0 radical (unpaired) electrons. The summed E-state index contributed by atoms with van der Waals surface area (Å²) in [5.74, 6) is 0. The summed E-state index contributed by atoms with van der Waals surface area (Å²) in [6.07, 6.45) is 0. The minimum atomic E-state index is -0.568. The number of fused-ring (bicyclic) bond motifs is 6. The van der Waals surface area contributed by atoms with Crippen LogP contribution < -0.4 is 4.90 Å². The molecule has 1 aromatic heterocycles. The van der Waals surface area contributed by atoms with Gasteiger partial charge in [-0.25, -0.2) is 0 Å². The molecule has 10 aromatic rings. The number of hydrogen-bond donors (Lipinski definition) is 0. The fraction of sp³-hybridized carbons (Fsp3) is 0.0179. The minimum Gasteiger partial charge on any atom is -0.455 e. The van der Waals surface area contributed by atoms with Crippen molar-refractivity contribution in [2.24, 2.45) is 0 Å². The predicted molar refractivity (Wildman–Crippen MR) is 241 cm³/mol. The molecule has 59 heavy (non-hydrogen) atoms. The molecule has 0 amide bonds. The van der Waals surface area contributed by atoms with E-state index in [-0.39, 0.29) is 0 Å². The van der Waals surface area contributed by atoms with Crippen LogP contribution in [-0.4, -0.2) is 0 Å². The molecule has 1 aliphatic carbocycles. The van der Waals surface area contributed by atoms with Gasteiger partial charge in [0.05, 0.1) is 17.0 Å². The lowest BCUT2D eigenvalue weighted by Gasteiger charge is -2.34. The summed E-state index contributed by atoms with van der Waals surface area (Å²) >= 11 is 0. The second-order valence-corrected chi connectivity index (χ2v) is 15.2. The summed E-state index contributed by atoms with van der Waals surface area (Å²) in [6, 6.07) is 79.8. The molecule has 0 spiro atoms. The molecule has 0 N–H and O–H groups in total. The largest absolute Gasteiger partial charge is 0.455 e. The lowest BCUT2D eigenvalue weighted by molar-refractivity contribution is 0.670. The van der Waals surface area contributed by atoms with Gasteiger partial charge in [0.1, 0.15) is 11.2 Å². The average Bonchev–Trinajstić information content (AvgIpc) is 3.85. The van der Waals surface area contributed by atoms with Crippen LogP contribution >= 0.6 is 0 Å². The highest BCUT2D eigenvalue weighted by molar-refractivity contribution is 6.09. The van der Waals surface area contributed by atoms with E-state index >= 15 is 0 Å². The van der Waals surface area contributed by atoms with Crippen LogP contribution in [0.5, 0.6) is 0 Å². The van der Waals surface area contributed by atoms with Crippen molar-refractivity contribution in [3.63, 3.8) is 0 Å². The van der Waals surface area contributed by atoms with Gasteiger partial charge in [-0.15, -0.1) is 0 Å². The number of rotatable bonds is 7. The SMILES string of the molecule is N#Cc1ccc(C2(c3ccc(N(c4ccc(-c5ccccc5)cc4)c4ccc(-c5cccc6c5oc5ccccc56)cc4)cc3)c3ccccc3-c3ccccc32)cc1. The van der Waals surface area contributed by atoms with E-state index in [2.05, 4.69) is 205 Å². The Labute approximate surface area is 343 Å². The molecule has 3 nitrogen and oxygen atoms in total. The monoisotopic (exact) mass is 752 g/mol. The molecule has 1 aliphatic rings. The first-order valence-electron chi connectivity index (χ1n) is 20.0. The van der Waals surface area contributed by atoms with E-state index in [1.54, 1.807) is 0 Å². The Hall–Kier alpha value is -7.93. The Morgan fingerprint density at radius 3 is 1.49 bits per heavy atom. The minimum absolute atomic E-state index is 0.568. The molecular weight excluding hydrogens is 717 g/mol. The van der Waals surface area contributed by atoms with Crippen LogP contribution in [0.1, 0.15) is 27.8 Å². The van der Waals surface area contributed by atoms with Crippen LogP contribution in [0.4, 0.5) is 17.1 Å². The zero-order valence-electron chi connectivity index (χ0n) is 32.1. The smallest absolute Gasteiger partial charge is 0.143 e. The lowest BCUT2D eigenvalue weighted by Crippen LogP contribution is -2.28. The molecule has 3 heteroatoms. The number of para-hydroxylation sites is 2. The predicted octanol–water partition coefficient (Wildman–Crippen LogP) is 14.6. The van der Waals surface area contributed by atoms with Crippen molar-refractivity contribution in [3.8, 4) is 39.4 Å². The van der Waals surface area contributed by atoms with Gasteiger partial charge >= 0.3 is 0 Å². The summed E-state index contributed by atoms with van der Waals surface area (Å²) in [4.78, 5) is 2.33. The highest BCUT2D eigenvalue weighted by Crippen LogP contribution is 2.56.